The molecule has 1 aliphatic rings. The Kier molecular flexibility index (Phi) is 13.0. The van der Waals surface area contributed by atoms with E-state index >= 15 is 0 Å². The SMILES string of the molecule is CC(C)[C@H](NC(=O)OC(C)(C)C)C(=O)N[C@@H](COC(F)F)C(=O)N1CCC[C@@H](C(=O)OCC(Cl)(Cl)Cl)N1. The van der Waals surface area contributed by atoms with E-state index < -0.39 is 77.1 Å². The van der Waals surface area contributed by atoms with Crippen LogP contribution in [0.25, 0.3) is 0 Å². The minimum absolute atomic E-state index is 0.0951. The summed E-state index contributed by atoms with van der Waals surface area (Å²) in [4.78, 5) is 50.6. The molecule has 214 valence electrons. The van der Waals surface area contributed by atoms with Crippen LogP contribution in [0.3, 0.4) is 0 Å². The monoisotopic (exact) mass is 596 g/mol. The summed E-state index contributed by atoms with van der Waals surface area (Å²) in [6, 6.07) is -3.73. The fourth-order valence-electron chi connectivity index (χ4n) is 3.13. The zero-order valence-electron chi connectivity index (χ0n) is 21.1. The summed E-state index contributed by atoms with van der Waals surface area (Å²) in [7, 11) is 0. The lowest BCUT2D eigenvalue weighted by Gasteiger charge is -2.35. The Morgan fingerprint density at radius 2 is 1.73 bits per heavy atom. The molecule has 0 radical (unpaired) electrons. The fraction of sp³-hybridized carbons (Fsp3) is 0.810. The maximum absolute atomic E-state index is 13.1. The molecular weight excluding hydrogens is 565 g/mol. The van der Waals surface area contributed by atoms with Crippen LogP contribution in [-0.2, 0) is 28.6 Å². The van der Waals surface area contributed by atoms with Gasteiger partial charge in [0.2, 0.25) is 9.70 Å². The van der Waals surface area contributed by atoms with Gasteiger partial charge in [-0.3, -0.25) is 19.4 Å². The third-order valence-corrected chi connectivity index (χ3v) is 5.07. The number of halogens is 5. The highest BCUT2D eigenvalue weighted by Gasteiger charge is 2.36. The Labute approximate surface area is 229 Å². The lowest BCUT2D eigenvalue weighted by atomic mass is 10.0. The molecule has 0 spiro atoms. The number of carbonyl (C=O) groups is 4. The quantitative estimate of drug-likeness (QED) is 0.258. The second-order valence-electron chi connectivity index (χ2n) is 9.56. The summed E-state index contributed by atoms with van der Waals surface area (Å²) in [5.41, 5.74) is 1.81. The standard InChI is InChI=1S/C21H33Cl3F2N4O7/c1-11(2)14(28-19(34)37-20(3,4)5)15(31)27-13(9-35-18(25)26)16(32)30-8-6-7-12(29-30)17(33)36-10-21(22,23)24/h11-14,18,29H,6-10H2,1-5H3,(H,27,31)(H,28,34)/t12-,13-,14-/m0/s1. The number of ether oxygens (including phenoxy) is 3. The second kappa shape index (κ2) is 14.5. The normalized spacial score (nSPS) is 18.3. The van der Waals surface area contributed by atoms with Crippen molar-refractivity contribution in [3.8, 4) is 0 Å². The van der Waals surface area contributed by atoms with E-state index in [0.717, 1.165) is 5.01 Å². The molecule has 0 aromatic rings. The molecule has 1 rings (SSSR count). The van der Waals surface area contributed by atoms with Gasteiger partial charge in [-0.15, -0.1) is 0 Å². The molecule has 0 unspecified atom stereocenters. The first-order valence-electron chi connectivity index (χ1n) is 11.4. The number of alkyl halides is 5. The zero-order valence-corrected chi connectivity index (χ0v) is 23.4. The predicted molar refractivity (Wildman–Crippen MR) is 131 cm³/mol. The van der Waals surface area contributed by atoms with Crippen molar-refractivity contribution in [2.75, 3.05) is 19.8 Å². The van der Waals surface area contributed by atoms with Gasteiger partial charge in [-0.1, -0.05) is 48.7 Å². The molecule has 1 aliphatic heterocycles. The molecule has 1 fully saturated rings. The number of rotatable bonds is 10. The van der Waals surface area contributed by atoms with Crippen molar-refractivity contribution in [2.45, 2.75) is 81.6 Å². The first kappa shape index (κ1) is 33.4. The van der Waals surface area contributed by atoms with Gasteiger partial charge >= 0.3 is 18.7 Å². The molecular formula is C21H33Cl3F2N4O7. The Hall–Kier alpha value is -1.67. The summed E-state index contributed by atoms with van der Waals surface area (Å²) in [5.74, 6) is -2.93. The average molecular weight is 598 g/mol. The molecule has 37 heavy (non-hydrogen) atoms. The van der Waals surface area contributed by atoms with Gasteiger partial charge in [0, 0.05) is 6.54 Å². The Balaban J connectivity index is 2.95. The van der Waals surface area contributed by atoms with Crippen molar-refractivity contribution in [1.82, 2.24) is 21.1 Å². The van der Waals surface area contributed by atoms with Crippen molar-refractivity contribution in [1.29, 1.82) is 0 Å². The third-order valence-electron chi connectivity index (χ3n) is 4.74. The fourth-order valence-corrected chi connectivity index (χ4v) is 3.30. The first-order chi connectivity index (χ1) is 16.9. The van der Waals surface area contributed by atoms with E-state index in [2.05, 4.69) is 20.8 Å². The smallest absolute Gasteiger partial charge is 0.408 e. The Bertz CT molecular complexity index is 810. The van der Waals surface area contributed by atoms with Gasteiger partial charge in [0.1, 0.15) is 30.3 Å². The van der Waals surface area contributed by atoms with Gasteiger partial charge in [0.25, 0.3) is 5.91 Å². The number of hydrogen-bond donors (Lipinski definition) is 3. The molecule has 3 amide bonds. The highest BCUT2D eigenvalue weighted by atomic mass is 35.6. The number of nitrogens with one attached hydrogen (secondary N) is 3. The van der Waals surface area contributed by atoms with Gasteiger partial charge in [-0.2, -0.15) is 8.78 Å². The van der Waals surface area contributed by atoms with Gasteiger partial charge in [-0.05, 0) is 39.5 Å². The zero-order chi connectivity index (χ0) is 28.6. The van der Waals surface area contributed by atoms with E-state index in [1.807, 2.05) is 0 Å². The van der Waals surface area contributed by atoms with Crippen LogP contribution in [0.4, 0.5) is 13.6 Å². The maximum Gasteiger partial charge on any atom is 0.408 e. The van der Waals surface area contributed by atoms with E-state index in [0.29, 0.717) is 6.42 Å². The molecule has 1 saturated heterocycles. The highest BCUT2D eigenvalue weighted by molar-refractivity contribution is 6.67. The van der Waals surface area contributed by atoms with E-state index in [-0.39, 0.29) is 13.0 Å². The molecule has 0 bridgehead atoms. The number of amides is 3. The topological polar surface area (TPSA) is 135 Å². The number of hydrogen-bond acceptors (Lipinski definition) is 8. The van der Waals surface area contributed by atoms with Crippen LogP contribution in [0.1, 0.15) is 47.5 Å². The minimum Gasteiger partial charge on any atom is -0.460 e. The van der Waals surface area contributed by atoms with Crippen LogP contribution >= 0.6 is 34.8 Å². The van der Waals surface area contributed by atoms with Crippen molar-refractivity contribution < 1.29 is 42.2 Å². The van der Waals surface area contributed by atoms with Crippen LogP contribution < -0.4 is 16.1 Å². The van der Waals surface area contributed by atoms with Gasteiger partial charge in [-0.25, -0.2) is 10.2 Å². The molecule has 0 saturated carbocycles. The predicted octanol–water partition coefficient (Wildman–Crippen LogP) is 2.67. The number of esters is 1. The number of hydrazine groups is 1. The molecule has 16 heteroatoms. The van der Waals surface area contributed by atoms with Crippen molar-refractivity contribution in [3.05, 3.63) is 0 Å². The van der Waals surface area contributed by atoms with Crippen LogP contribution in [0.5, 0.6) is 0 Å². The van der Waals surface area contributed by atoms with E-state index in [1.165, 1.54) is 0 Å². The minimum atomic E-state index is -3.22. The summed E-state index contributed by atoms with van der Waals surface area (Å²) < 4.78 is 38.1. The number of alkyl carbamates (subject to hydrolysis) is 1. The maximum atomic E-state index is 13.1. The molecule has 11 nitrogen and oxygen atoms in total. The third kappa shape index (κ3) is 13.1. The molecule has 0 aromatic heterocycles. The average Bonchev–Trinajstić information content (AvgIpc) is 2.76. The summed E-state index contributed by atoms with van der Waals surface area (Å²) >= 11 is 16.7. The lowest BCUT2D eigenvalue weighted by molar-refractivity contribution is -0.159. The lowest BCUT2D eigenvalue weighted by Crippen LogP contribution is -2.62. The molecule has 3 N–H and O–H groups in total. The second-order valence-corrected chi connectivity index (χ2v) is 12.1. The highest BCUT2D eigenvalue weighted by Crippen LogP contribution is 2.26. The molecule has 3 atom stereocenters. The Morgan fingerprint density at radius 1 is 1.11 bits per heavy atom. The van der Waals surface area contributed by atoms with Gasteiger partial charge in [0.05, 0.1) is 6.61 Å². The summed E-state index contributed by atoms with van der Waals surface area (Å²) in [6.07, 6.45) is -0.248. The van der Waals surface area contributed by atoms with Crippen LogP contribution in [-0.4, -0.2) is 82.8 Å². The van der Waals surface area contributed by atoms with Crippen LogP contribution in [0, 0.1) is 5.92 Å². The van der Waals surface area contributed by atoms with Crippen LogP contribution in [0.2, 0.25) is 0 Å². The molecule has 1 heterocycles. The van der Waals surface area contributed by atoms with Crippen LogP contribution in [0.15, 0.2) is 0 Å². The largest absolute Gasteiger partial charge is 0.460 e. The van der Waals surface area contributed by atoms with E-state index in [4.69, 9.17) is 44.3 Å². The number of carbonyl (C=O) groups excluding carboxylic acids is 4. The van der Waals surface area contributed by atoms with Crippen molar-refractivity contribution in [3.63, 3.8) is 0 Å². The van der Waals surface area contributed by atoms with E-state index in [9.17, 15) is 28.0 Å². The van der Waals surface area contributed by atoms with E-state index in [1.54, 1.807) is 34.6 Å². The Morgan fingerprint density at radius 3 is 2.24 bits per heavy atom. The molecule has 0 aliphatic carbocycles. The van der Waals surface area contributed by atoms with Gasteiger partial charge in [0.15, 0.2) is 0 Å². The summed E-state index contributed by atoms with van der Waals surface area (Å²) in [5, 5.41) is 5.75. The van der Waals surface area contributed by atoms with Crippen molar-refractivity contribution in [2.24, 2.45) is 5.92 Å². The first-order valence-corrected chi connectivity index (χ1v) is 12.5. The number of nitrogens with zero attached hydrogens (tertiary/aromatic N) is 1. The summed E-state index contributed by atoms with van der Waals surface area (Å²) in [6.45, 7) is 3.66. The molecule has 0 aromatic carbocycles. The van der Waals surface area contributed by atoms with Gasteiger partial charge < -0.3 is 24.8 Å². The van der Waals surface area contributed by atoms with Crippen molar-refractivity contribution >= 4 is 58.7 Å².